The molecular weight excluding hydrogens is 956 g/mol. The van der Waals surface area contributed by atoms with Gasteiger partial charge < -0.3 is 68.9 Å². The Kier molecular flexibility index (Phi) is 42.5. The summed E-state index contributed by atoms with van der Waals surface area (Å²) in [5, 5.41) is 47.1. The minimum Gasteiger partial charge on any atom is -0.756 e. The molecule has 0 amide bonds. The van der Waals surface area contributed by atoms with E-state index in [0.717, 1.165) is 38.5 Å². The summed E-state index contributed by atoms with van der Waals surface area (Å²) in [6, 6.07) is 0. The largest absolute Gasteiger partial charge is 0.756 e. The van der Waals surface area contributed by atoms with Crippen molar-refractivity contribution in [3.8, 4) is 0 Å². The molecule has 0 aliphatic carbocycles. The lowest BCUT2D eigenvalue weighted by Gasteiger charge is -2.39. The fraction of sp³-hybridized carbons (Fsp3) is 0.922. The lowest BCUT2D eigenvalue weighted by Crippen LogP contribution is -2.59. The van der Waals surface area contributed by atoms with E-state index in [4.69, 9.17) is 37.5 Å². The summed E-state index contributed by atoms with van der Waals surface area (Å²) in [6.45, 7) is 4.07. The number of unbranched alkanes of at least 4 members (excludes halogenated alkanes) is 24. The maximum Gasteiger partial charge on any atom is 0.306 e. The zero-order chi connectivity index (χ0) is 51.6. The second-order valence-electron chi connectivity index (χ2n) is 18.9. The van der Waals surface area contributed by atoms with Gasteiger partial charge in [0.2, 0.25) is 0 Å². The van der Waals surface area contributed by atoms with Crippen molar-refractivity contribution in [2.45, 2.75) is 243 Å². The molecule has 1 fully saturated rings. The van der Waals surface area contributed by atoms with E-state index < -0.39 is 69.8 Å². The van der Waals surface area contributed by atoms with Crippen LogP contribution in [0, 0.1) is 0 Å². The molecule has 8 N–H and O–H groups in total. The minimum absolute atomic E-state index is 0. The van der Waals surface area contributed by atoms with E-state index in [1.165, 1.54) is 120 Å². The Bertz CT molecular complexity index is 1480. The van der Waals surface area contributed by atoms with Gasteiger partial charge in [0.15, 0.2) is 12.4 Å². The first kappa shape index (κ1) is 67.8. The zero-order valence-corrected chi connectivity index (χ0v) is 45.5. The normalized spacial score (nSPS) is 19.2. The van der Waals surface area contributed by atoms with Crippen molar-refractivity contribution in [2.75, 3.05) is 59.5 Å². The van der Waals surface area contributed by atoms with Crippen LogP contribution in [0.1, 0.15) is 199 Å². The first-order valence-electron chi connectivity index (χ1n) is 27.4. The number of ether oxygens (including phenoxy) is 6. The van der Waals surface area contributed by atoms with Gasteiger partial charge in [0.25, 0.3) is 7.82 Å². The minimum atomic E-state index is -4.84. The molecular formula is C51H99N4O16P. The van der Waals surface area contributed by atoms with Crippen LogP contribution >= 0.6 is 7.82 Å². The highest BCUT2D eigenvalue weighted by atomic mass is 31.2. The maximum absolute atomic E-state index is 12.8. The Balaban J connectivity index is 0.0000259. The maximum atomic E-state index is 12.8. The van der Waals surface area contributed by atoms with Crippen molar-refractivity contribution in [1.82, 2.24) is 21.1 Å². The van der Waals surface area contributed by atoms with Gasteiger partial charge in [0.1, 0.15) is 31.0 Å². The molecule has 21 heteroatoms. The third-order valence-electron chi connectivity index (χ3n) is 12.5. The van der Waals surface area contributed by atoms with E-state index in [2.05, 4.69) is 24.2 Å². The Hall–Kier alpha value is -2.17. The molecule has 7 atom stereocenters. The highest BCUT2D eigenvalue weighted by molar-refractivity contribution is 7.45. The predicted molar refractivity (Wildman–Crippen MR) is 272 cm³/mol. The molecule has 1 aliphatic heterocycles. The first-order chi connectivity index (χ1) is 34.5. The number of nitrogens with zero attached hydrogens (tertiary/aromatic N) is 3. The molecule has 6 unspecified atom stereocenters. The number of hydrogen-bond acceptors (Lipinski definition) is 18. The number of carbonyl (C=O) groups is 2. The molecule has 0 aromatic carbocycles. The van der Waals surface area contributed by atoms with E-state index >= 15 is 0 Å². The van der Waals surface area contributed by atoms with Crippen LogP contribution in [0.15, 0.2) is 6.20 Å². The molecule has 0 bridgehead atoms. The van der Waals surface area contributed by atoms with Gasteiger partial charge in [-0.2, -0.15) is 0 Å². The second kappa shape index (κ2) is 45.1. The number of phosphoric acid groups is 1. The summed E-state index contributed by atoms with van der Waals surface area (Å²) in [5.74, 6) is -0.937. The van der Waals surface area contributed by atoms with Crippen LogP contribution in [0.25, 0.3) is 0 Å². The Labute approximate surface area is 431 Å². The second-order valence-corrected chi connectivity index (χ2v) is 20.3. The predicted octanol–water partition coefficient (Wildman–Crippen LogP) is 7.97. The number of aliphatic hydroxyl groups is 4. The third kappa shape index (κ3) is 35.2. The fourth-order valence-corrected chi connectivity index (χ4v) is 8.88. The highest BCUT2D eigenvalue weighted by Gasteiger charge is 2.44. The van der Waals surface area contributed by atoms with E-state index in [0.29, 0.717) is 25.1 Å². The number of phosphoric ester groups is 1. The van der Waals surface area contributed by atoms with E-state index in [9.17, 15) is 39.5 Å². The van der Waals surface area contributed by atoms with Crippen LogP contribution in [-0.2, 0) is 64.6 Å². The first-order valence-corrected chi connectivity index (χ1v) is 28.9. The van der Waals surface area contributed by atoms with Crippen LogP contribution in [0.4, 0.5) is 0 Å². The summed E-state index contributed by atoms with van der Waals surface area (Å²) in [7, 11) is -4.84. The van der Waals surface area contributed by atoms with E-state index in [1.807, 2.05) is 0 Å². The third-order valence-corrected chi connectivity index (χ3v) is 13.5. The zero-order valence-electron chi connectivity index (χ0n) is 44.6. The van der Waals surface area contributed by atoms with Gasteiger partial charge in [-0.1, -0.05) is 173 Å². The average molecular weight is 1060 g/mol. The molecule has 72 heavy (non-hydrogen) atoms. The highest BCUT2D eigenvalue weighted by Crippen LogP contribution is 2.38. The van der Waals surface area contributed by atoms with Crippen LogP contribution in [0.3, 0.4) is 0 Å². The summed E-state index contributed by atoms with van der Waals surface area (Å²) in [4.78, 5) is 38.2. The standard InChI is InChI=1S/C51H96N3O16P.H3N/c1-3-5-7-9-11-13-15-17-19-21-23-25-27-29-46(56)66-41-44(69-47(57)30-28-26-24-22-20-18-16-14-12-10-8-6-4-2)42-68-71(61,62)67-33-31-43-39-54(53-52-43)32-34-63-35-36-64-37-38-65-51-50(60)49(59)48(58)45(40-55)70-51;/h39,44-45,48-51,55,58-60H,3-38,40-42H2,1-2H3,(H,61,62);1H3/t44-,45?,48?,49?,50?,51?;/m1./s1. The molecule has 2 heterocycles. The SMILES string of the molecule is CCCCCCCCCCCCCCCC(=O)OC[C@H](COP(=O)([O-])OCCc1cn(CCOCCOCCOC2OC(CO)C(O)C(O)C2O)nn1)OC(=O)CCCCCCCCCCCCCCC.[NH4+]. The smallest absolute Gasteiger partial charge is 0.306 e. The lowest BCUT2D eigenvalue weighted by molar-refractivity contribution is -0.302. The van der Waals surface area contributed by atoms with Crippen molar-refractivity contribution < 1.29 is 76.9 Å². The average Bonchev–Trinajstić information content (AvgIpc) is 3.81. The van der Waals surface area contributed by atoms with Crippen molar-refractivity contribution in [3.05, 3.63) is 11.9 Å². The summed E-state index contributed by atoms with van der Waals surface area (Å²) in [6.07, 6.45) is 25.1. The number of esters is 2. The quantitative estimate of drug-likeness (QED) is 0.0235. The van der Waals surface area contributed by atoms with Gasteiger partial charge in [0.05, 0.1) is 65.1 Å². The summed E-state index contributed by atoms with van der Waals surface area (Å²) >= 11 is 0. The van der Waals surface area contributed by atoms with Crippen molar-refractivity contribution in [2.24, 2.45) is 0 Å². The molecule has 2 rings (SSSR count). The number of aromatic nitrogens is 3. The van der Waals surface area contributed by atoms with Gasteiger partial charge in [-0.3, -0.25) is 14.2 Å². The number of hydrogen-bond donors (Lipinski definition) is 5. The molecule has 0 spiro atoms. The molecule has 20 nitrogen and oxygen atoms in total. The van der Waals surface area contributed by atoms with Gasteiger partial charge >= 0.3 is 11.9 Å². The van der Waals surface area contributed by atoms with Crippen molar-refractivity contribution in [3.63, 3.8) is 0 Å². The number of carbonyl (C=O) groups excluding carboxylic acids is 2. The summed E-state index contributed by atoms with van der Waals surface area (Å²) < 4.78 is 57.2. The van der Waals surface area contributed by atoms with Crippen LogP contribution in [0.5, 0.6) is 0 Å². The topological polar surface area (TPSA) is 296 Å². The molecule has 1 aromatic heterocycles. The monoisotopic (exact) mass is 1050 g/mol. The van der Waals surface area contributed by atoms with E-state index in [-0.39, 0.29) is 71.7 Å². The number of quaternary nitrogens is 1. The molecule has 1 aromatic rings. The van der Waals surface area contributed by atoms with Gasteiger partial charge in [-0.15, -0.1) is 5.10 Å². The van der Waals surface area contributed by atoms with Crippen molar-refractivity contribution in [1.29, 1.82) is 0 Å². The Morgan fingerprint density at radius 3 is 1.67 bits per heavy atom. The van der Waals surface area contributed by atoms with Gasteiger partial charge in [-0.25, -0.2) is 4.68 Å². The molecule has 0 radical (unpaired) electrons. The summed E-state index contributed by atoms with van der Waals surface area (Å²) in [5.41, 5.74) is 0.475. The van der Waals surface area contributed by atoms with Crippen molar-refractivity contribution >= 4 is 19.8 Å². The Morgan fingerprint density at radius 1 is 0.653 bits per heavy atom. The molecule has 1 saturated heterocycles. The van der Waals surface area contributed by atoms with Gasteiger partial charge in [-0.05, 0) is 12.8 Å². The van der Waals surface area contributed by atoms with Crippen LogP contribution in [-0.4, -0.2) is 144 Å². The van der Waals surface area contributed by atoms with Crippen LogP contribution < -0.4 is 11.0 Å². The molecule has 1 aliphatic rings. The lowest BCUT2D eigenvalue weighted by atomic mass is 9.99. The van der Waals surface area contributed by atoms with Crippen LogP contribution in [0.2, 0.25) is 0 Å². The fourth-order valence-electron chi connectivity index (χ4n) is 8.14. The Morgan fingerprint density at radius 2 is 1.14 bits per heavy atom. The van der Waals surface area contributed by atoms with Gasteiger partial charge in [0, 0.05) is 25.5 Å². The molecule has 424 valence electrons. The number of rotatable bonds is 49. The molecule has 0 saturated carbocycles. The van der Waals surface area contributed by atoms with E-state index in [1.54, 1.807) is 6.20 Å². The number of aliphatic hydroxyl groups excluding tert-OH is 4.